The number of aryl methyl sites for hydroxylation is 1. The highest BCUT2D eigenvalue weighted by molar-refractivity contribution is 5.96. The Morgan fingerprint density at radius 2 is 1.84 bits per heavy atom. The lowest BCUT2D eigenvalue weighted by Crippen LogP contribution is -3.13. The lowest BCUT2D eigenvalue weighted by molar-refractivity contribution is -0.921. The first-order chi connectivity index (χ1) is 12.2. The summed E-state index contributed by atoms with van der Waals surface area (Å²) < 4.78 is 5.46. The summed E-state index contributed by atoms with van der Waals surface area (Å²) in [4.78, 5) is 17.4. The largest absolute Gasteiger partial charge is 0.370 e. The van der Waals surface area contributed by atoms with E-state index in [0.717, 1.165) is 60.4 Å². The molecule has 4 nitrogen and oxygen atoms in total. The van der Waals surface area contributed by atoms with E-state index in [4.69, 9.17) is 4.74 Å². The van der Waals surface area contributed by atoms with Crippen LogP contribution in [0.3, 0.4) is 0 Å². The topological polar surface area (TPSA) is 46.5 Å². The SMILES string of the molecule is Cc1ccc2[nH]c(=O)c(C[NH+]3CCOCC3)c(-c3ccccc3)c2c1. The molecular weight excluding hydrogens is 312 g/mol. The minimum atomic E-state index is 0.0224. The van der Waals surface area contributed by atoms with Gasteiger partial charge in [-0.15, -0.1) is 0 Å². The Morgan fingerprint density at radius 1 is 1.08 bits per heavy atom. The summed E-state index contributed by atoms with van der Waals surface area (Å²) in [5, 5.41) is 1.12. The average molecular weight is 335 g/mol. The fourth-order valence-electron chi connectivity index (χ4n) is 3.64. The van der Waals surface area contributed by atoms with Gasteiger partial charge in [0.05, 0.1) is 18.8 Å². The Hall–Kier alpha value is -2.43. The number of morpholine rings is 1. The summed E-state index contributed by atoms with van der Waals surface area (Å²) in [7, 11) is 0. The molecule has 1 aliphatic heterocycles. The minimum absolute atomic E-state index is 0.0224. The highest BCUT2D eigenvalue weighted by Gasteiger charge is 2.21. The zero-order valence-corrected chi connectivity index (χ0v) is 14.5. The summed E-state index contributed by atoms with van der Waals surface area (Å²) in [6.07, 6.45) is 0. The third kappa shape index (κ3) is 3.23. The van der Waals surface area contributed by atoms with Gasteiger partial charge in [0.25, 0.3) is 5.56 Å². The van der Waals surface area contributed by atoms with Crippen LogP contribution >= 0.6 is 0 Å². The molecule has 0 saturated carbocycles. The van der Waals surface area contributed by atoms with Gasteiger partial charge in [-0.1, -0.05) is 42.0 Å². The first-order valence-corrected chi connectivity index (χ1v) is 8.84. The molecule has 1 saturated heterocycles. The van der Waals surface area contributed by atoms with Crippen molar-refractivity contribution in [3.63, 3.8) is 0 Å². The maximum Gasteiger partial charge on any atom is 0.257 e. The minimum Gasteiger partial charge on any atom is -0.370 e. The number of quaternary nitrogens is 1. The number of nitrogens with one attached hydrogen (secondary N) is 2. The fourth-order valence-corrected chi connectivity index (χ4v) is 3.64. The molecule has 0 radical (unpaired) electrons. The van der Waals surface area contributed by atoms with Crippen molar-refractivity contribution in [2.24, 2.45) is 0 Å². The molecule has 0 bridgehead atoms. The molecule has 1 fully saturated rings. The van der Waals surface area contributed by atoms with Crippen LogP contribution in [0.2, 0.25) is 0 Å². The molecule has 1 aliphatic rings. The van der Waals surface area contributed by atoms with Crippen molar-refractivity contribution in [3.8, 4) is 11.1 Å². The normalized spacial score (nSPS) is 15.6. The van der Waals surface area contributed by atoms with E-state index in [9.17, 15) is 4.79 Å². The van der Waals surface area contributed by atoms with E-state index in [1.54, 1.807) is 0 Å². The van der Waals surface area contributed by atoms with Crippen LogP contribution in [0.1, 0.15) is 11.1 Å². The van der Waals surface area contributed by atoms with Crippen LogP contribution in [0.25, 0.3) is 22.0 Å². The second-order valence-corrected chi connectivity index (χ2v) is 6.76. The lowest BCUT2D eigenvalue weighted by atomic mass is 9.95. The van der Waals surface area contributed by atoms with Gasteiger partial charge in [0.2, 0.25) is 0 Å². The second kappa shape index (κ2) is 6.82. The molecule has 4 rings (SSSR count). The van der Waals surface area contributed by atoms with Crippen LogP contribution in [0.5, 0.6) is 0 Å². The van der Waals surface area contributed by atoms with Crippen LogP contribution in [0, 0.1) is 6.92 Å². The summed E-state index contributed by atoms with van der Waals surface area (Å²) in [6.45, 7) is 6.24. The number of ether oxygens (including phenoxy) is 1. The predicted molar refractivity (Wildman–Crippen MR) is 100.0 cm³/mol. The Morgan fingerprint density at radius 3 is 2.60 bits per heavy atom. The number of hydrogen-bond acceptors (Lipinski definition) is 2. The van der Waals surface area contributed by atoms with Crippen LogP contribution in [0.4, 0.5) is 0 Å². The Bertz CT molecular complexity index is 941. The van der Waals surface area contributed by atoms with E-state index in [2.05, 4.69) is 30.1 Å². The molecule has 0 unspecified atom stereocenters. The molecule has 0 amide bonds. The van der Waals surface area contributed by atoms with Gasteiger partial charge >= 0.3 is 0 Å². The number of aromatic nitrogens is 1. The predicted octanol–water partition coefficient (Wildman–Crippen LogP) is 1.92. The van der Waals surface area contributed by atoms with Crippen LogP contribution in [-0.2, 0) is 11.3 Å². The van der Waals surface area contributed by atoms with Crippen LogP contribution in [0.15, 0.2) is 53.3 Å². The molecule has 25 heavy (non-hydrogen) atoms. The molecule has 2 N–H and O–H groups in total. The molecule has 2 aromatic carbocycles. The molecule has 2 heterocycles. The van der Waals surface area contributed by atoms with E-state index in [0.29, 0.717) is 0 Å². The Labute approximate surface area is 147 Å². The number of hydrogen-bond donors (Lipinski definition) is 2. The van der Waals surface area contributed by atoms with E-state index in [1.807, 2.05) is 30.3 Å². The second-order valence-electron chi connectivity index (χ2n) is 6.76. The highest BCUT2D eigenvalue weighted by atomic mass is 16.5. The number of fused-ring (bicyclic) bond motifs is 1. The standard InChI is InChI=1S/C21H22N2O2/c1-15-7-8-19-17(13-15)20(16-5-3-2-4-6-16)18(21(24)22-19)14-23-9-11-25-12-10-23/h2-8,13H,9-12,14H2,1H3,(H,22,24)/p+1. The van der Waals surface area contributed by atoms with Crippen LogP contribution < -0.4 is 10.5 Å². The monoisotopic (exact) mass is 335 g/mol. The molecule has 0 atom stereocenters. The van der Waals surface area contributed by atoms with Gasteiger partial charge < -0.3 is 14.6 Å². The maximum atomic E-state index is 12.9. The van der Waals surface area contributed by atoms with Crippen molar-refractivity contribution < 1.29 is 9.64 Å². The van der Waals surface area contributed by atoms with Gasteiger partial charge in [0.1, 0.15) is 19.6 Å². The summed E-state index contributed by atoms with van der Waals surface area (Å²) in [5.41, 5.74) is 5.17. The van der Waals surface area contributed by atoms with Crippen molar-refractivity contribution in [2.45, 2.75) is 13.5 Å². The van der Waals surface area contributed by atoms with E-state index >= 15 is 0 Å². The van der Waals surface area contributed by atoms with Crippen molar-refractivity contribution >= 4 is 10.9 Å². The van der Waals surface area contributed by atoms with Gasteiger partial charge in [-0.05, 0) is 24.6 Å². The zero-order chi connectivity index (χ0) is 17.2. The average Bonchev–Trinajstić information content (AvgIpc) is 2.64. The van der Waals surface area contributed by atoms with Gasteiger partial charge in [-0.2, -0.15) is 0 Å². The highest BCUT2D eigenvalue weighted by Crippen LogP contribution is 2.29. The lowest BCUT2D eigenvalue weighted by Gasteiger charge is -2.24. The molecule has 1 aromatic heterocycles. The smallest absolute Gasteiger partial charge is 0.257 e. The Balaban J connectivity index is 1.93. The van der Waals surface area contributed by atoms with Crippen molar-refractivity contribution in [2.75, 3.05) is 26.3 Å². The molecule has 4 heteroatoms. The molecule has 128 valence electrons. The number of aromatic amines is 1. The number of pyridine rings is 1. The molecule has 0 spiro atoms. The Kier molecular flexibility index (Phi) is 4.38. The molecular formula is C21H23N2O2+. The summed E-state index contributed by atoms with van der Waals surface area (Å²) >= 11 is 0. The number of benzene rings is 2. The van der Waals surface area contributed by atoms with E-state index in [1.165, 1.54) is 10.5 Å². The summed E-state index contributed by atoms with van der Waals surface area (Å²) in [6, 6.07) is 16.5. The summed E-state index contributed by atoms with van der Waals surface area (Å²) in [5.74, 6) is 0. The molecule has 3 aromatic rings. The van der Waals surface area contributed by atoms with Gasteiger partial charge in [-0.25, -0.2) is 0 Å². The van der Waals surface area contributed by atoms with Crippen molar-refractivity contribution in [1.82, 2.24) is 4.98 Å². The van der Waals surface area contributed by atoms with E-state index < -0.39 is 0 Å². The quantitative estimate of drug-likeness (QED) is 0.768. The van der Waals surface area contributed by atoms with Crippen LogP contribution in [-0.4, -0.2) is 31.3 Å². The maximum absolute atomic E-state index is 12.9. The third-order valence-electron chi connectivity index (χ3n) is 4.96. The van der Waals surface area contributed by atoms with Crippen molar-refractivity contribution in [1.29, 1.82) is 0 Å². The molecule has 0 aliphatic carbocycles. The third-order valence-corrected chi connectivity index (χ3v) is 4.96. The first kappa shape index (κ1) is 16.1. The fraction of sp³-hybridized carbons (Fsp3) is 0.286. The first-order valence-electron chi connectivity index (χ1n) is 8.84. The number of H-pyrrole nitrogens is 1. The van der Waals surface area contributed by atoms with E-state index in [-0.39, 0.29) is 5.56 Å². The van der Waals surface area contributed by atoms with Crippen molar-refractivity contribution in [3.05, 3.63) is 70.0 Å². The van der Waals surface area contributed by atoms with Gasteiger partial charge in [0.15, 0.2) is 0 Å². The van der Waals surface area contributed by atoms with Gasteiger partial charge in [0, 0.05) is 16.5 Å². The number of rotatable bonds is 3. The zero-order valence-electron chi connectivity index (χ0n) is 14.5. The van der Waals surface area contributed by atoms with Gasteiger partial charge in [-0.3, -0.25) is 4.79 Å².